The fourth-order valence-corrected chi connectivity index (χ4v) is 2.38. The Morgan fingerprint density at radius 1 is 1.31 bits per heavy atom. The predicted octanol–water partition coefficient (Wildman–Crippen LogP) is 3.18. The molecular weight excluding hydrogens is 238 g/mol. The molecule has 0 aromatic carbocycles. The molecule has 0 saturated heterocycles. The Balaban J connectivity index is 1.94. The van der Waals surface area contributed by atoms with Crippen molar-refractivity contribution in [3.8, 4) is 0 Å². The molecule has 0 fully saturated rings. The Kier molecular flexibility index (Phi) is 3.79. The highest BCUT2D eigenvalue weighted by Gasteiger charge is 1.98. The van der Waals surface area contributed by atoms with Crippen molar-refractivity contribution in [2.75, 3.05) is 11.6 Å². The van der Waals surface area contributed by atoms with E-state index in [1.54, 1.807) is 23.1 Å². The Hall–Kier alpha value is -1.07. The number of anilines is 1. The van der Waals surface area contributed by atoms with Gasteiger partial charge in [0.2, 0.25) is 0 Å². The van der Waals surface area contributed by atoms with E-state index in [0.29, 0.717) is 0 Å². The number of rotatable bonds is 4. The molecule has 0 aliphatic rings. The van der Waals surface area contributed by atoms with Crippen LogP contribution in [0.4, 0.5) is 5.69 Å². The molecule has 0 amide bonds. The molecule has 2 aromatic rings. The summed E-state index contributed by atoms with van der Waals surface area (Å²) in [7, 11) is 0. The molecule has 0 aliphatic heterocycles. The van der Waals surface area contributed by atoms with Gasteiger partial charge in [0.15, 0.2) is 0 Å². The smallest absolute Gasteiger partial charge is 0.0958 e. The predicted molar refractivity (Wildman–Crippen MR) is 70.2 cm³/mol. The van der Waals surface area contributed by atoms with Crippen molar-refractivity contribution >= 4 is 28.8 Å². The molecule has 0 radical (unpaired) electrons. The Bertz CT molecular complexity index is 451. The van der Waals surface area contributed by atoms with E-state index >= 15 is 0 Å². The van der Waals surface area contributed by atoms with Crippen LogP contribution in [0.5, 0.6) is 0 Å². The maximum atomic E-state index is 4.30. The molecule has 2 heterocycles. The third-order valence-electron chi connectivity index (χ3n) is 2.08. The van der Waals surface area contributed by atoms with E-state index in [1.807, 2.05) is 37.7 Å². The topological polar surface area (TPSA) is 37.8 Å². The van der Waals surface area contributed by atoms with Crippen molar-refractivity contribution in [2.45, 2.75) is 18.5 Å². The lowest BCUT2D eigenvalue weighted by molar-refractivity contribution is 1.10. The minimum Gasteiger partial charge on any atom is -0.379 e. The summed E-state index contributed by atoms with van der Waals surface area (Å²) in [6.07, 6.45) is 5.80. The summed E-state index contributed by atoms with van der Waals surface area (Å²) >= 11 is 3.36. The molecular formula is C11H13N3S2. The standard InChI is InChI=1S/C11H13N3S2/c1-8-12-6-10(16-8)7-13-9-3-4-11(15-2)14-5-9/h3-6,13H,7H2,1-2H3. The second kappa shape index (κ2) is 5.32. The van der Waals surface area contributed by atoms with E-state index in [1.165, 1.54) is 4.88 Å². The molecule has 84 valence electrons. The van der Waals surface area contributed by atoms with Crippen molar-refractivity contribution < 1.29 is 0 Å². The highest BCUT2D eigenvalue weighted by Crippen LogP contribution is 2.16. The van der Waals surface area contributed by atoms with Gasteiger partial charge in [0.1, 0.15) is 0 Å². The van der Waals surface area contributed by atoms with E-state index in [-0.39, 0.29) is 0 Å². The van der Waals surface area contributed by atoms with E-state index in [4.69, 9.17) is 0 Å². The normalized spacial score (nSPS) is 10.4. The van der Waals surface area contributed by atoms with Gasteiger partial charge in [-0.15, -0.1) is 23.1 Å². The van der Waals surface area contributed by atoms with Crippen LogP contribution in [-0.4, -0.2) is 16.2 Å². The third kappa shape index (κ3) is 2.96. The first-order chi connectivity index (χ1) is 7.78. The van der Waals surface area contributed by atoms with E-state index in [9.17, 15) is 0 Å². The van der Waals surface area contributed by atoms with Gasteiger partial charge in [-0.2, -0.15) is 0 Å². The lowest BCUT2D eigenvalue weighted by atomic mass is 10.4. The molecule has 1 N–H and O–H groups in total. The molecule has 2 aromatic heterocycles. The molecule has 0 unspecified atom stereocenters. The number of thioether (sulfide) groups is 1. The van der Waals surface area contributed by atoms with Gasteiger partial charge in [-0.1, -0.05) is 0 Å². The summed E-state index contributed by atoms with van der Waals surface area (Å²) in [6.45, 7) is 2.83. The number of nitrogens with one attached hydrogen (secondary N) is 1. The summed E-state index contributed by atoms with van der Waals surface area (Å²) < 4.78 is 0. The van der Waals surface area contributed by atoms with Crippen LogP contribution in [-0.2, 0) is 6.54 Å². The van der Waals surface area contributed by atoms with Crippen LogP contribution < -0.4 is 5.32 Å². The zero-order valence-electron chi connectivity index (χ0n) is 9.23. The highest BCUT2D eigenvalue weighted by molar-refractivity contribution is 7.98. The second-order valence-corrected chi connectivity index (χ2v) is 5.43. The van der Waals surface area contributed by atoms with E-state index in [0.717, 1.165) is 22.3 Å². The summed E-state index contributed by atoms with van der Waals surface area (Å²) in [6, 6.07) is 4.07. The van der Waals surface area contributed by atoms with Gasteiger partial charge >= 0.3 is 0 Å². The van der Waals surface area contributed by atoms with Gasteiger partial charge in [0.25, 0.3) is 0 Å². The number of pyridine rings is 1. The van der Waals surface area contributed by atoms with Crippen molar-refractivity contribution in [1.29, 1.82) is 0 Å². The average molecular weight is 251 g/mol. The Morgan fingerprint density at radius 2 is 2.19 bits per heavy atom. The molecule has 0 saturated carbocycles. The quantitative estimate of drug-likeness (QED) is 0.847. The average Bonchev–Trinajstić information content (AvgIpc) is 2.73. The van der Waals surface area contributed by atoms with Crippen LogP contribution >= 0.6 is 23.1 Å². The van der Waals surface area contributed by atoms with E-state index < -0.39 is 0 Å². The van der Waals surface area contributed by atoms with Crippen molar-refractivity contribution in [3.05, 3.63) is 34.4 Å². The Morgan fingerprint density at radius 3 is 2.75 bits per heavy atom. The van der Waals surface area contributed by atoms with Gasteiger partial charge in [-0.3, -0.25) is 0 Å². The number of aromatic nitrogens is 2. The number of aryl methyl sites for hydroxylation is 1. The summed E-state index contributed by atoms with van der Waals surface area (Å²) in [5.41, 5.74) is 1.05. The minimum atomic E-state index is 0.811. The lowest BCUT2D eigenvalue weighted by Gasteiger charge is -2.04. The number of thiazole rings is 1. The fourth-order valence-electron chi connectivity index (χ4n) is 1.28. The monoisotopic (exact) mass is 251 g/mol. The lowest BCUT2D eigenvalue weighted by Crippen LogP contribution is -1.97. The number of hydrogen-bond acceptors (Lipinski definition) is 5. The Labute approximate surface area is 103 Å². The third-order valence-corrected chi connectivity index (χ3v) is 3.65. The molecule has 3 nitrogen and oxygen atoms in total. The van der Waals surface area contributed by atoms with Crippen LogP contribution in [0.1, 0.15) is 9.88 Å². The first-order valence-electron chi connectivity index (χ1n) is 4.93. The van der Waals surface area contributed by atoms with Gasteiger partial charge in [-0.25, -0.2) is 9.97 Å². The van der Waals surface area contributed by atoms with Crippen LogP contribution in [0.2, 0.25) is 0 Å². The largest absolute Gasteiger partial charge is 0.379 e. The summed E-state index contributed by atoms with van der Waals surface area (Å²) in [5, 5.41) is 5.47. The molecule has 0 aliphatic carbocycles. The molecule has 5 heteroatoms. The SMILES string of the molecule is CSc1ccc(NCc2cnc(C)s2)cn1. The minimum absolute atomic E-state index is 0.811. The zero-order chi connectivity index (χ0) is 11.4. The summed E-state index contributed by atoms with van der Waals surface area (Å²) in [5.74, 6) is 0. The van der Waals surface area contributed by atoms with Gasteiger partial charge in [0.05, 0.1) is 28.5 Å². The number of hydrogen-bond donors (Lipinski definition) is 1. The van der Waals surface area contributed by atoms with Crippen LogP contribution in [0.3, 0.4) is 0 Å². The van der Waals surface area contributed by atoms with Crippen LogP contribution in [0, 0.1) is 6.92 Å². The van der Waals surface area contributed by atoms with Gasteiger partial charge in [0, 0.05) is 11.1 Å². The highest BCUT2D eigenvalue weighted by atomic mass is 32.2. The van der Waals surface area contributed by atoms with Crippen molar-refractivity contribution in [1.82, 2.24) is 9.97 Å². The molecule has 0 atom stereocenters. The van der Waals surface area contributed by atoms with Crippen LogP contribution in [0.25, 0.3) is 0 Å². The van der Waals surface area contributed by atoms with Gasteiger partial charge in [-0.05, 0) is 25.3 Å². The van der Waals surface area contributed by atoms with Crippen LogP contribution in [0.15, 0.2) is 29.6 Å². The molecule has 2 rings (SSSR count). The maximum absolute atomic E-state index is 4.30. The van der Waals surface area contributed by atoms with Crippen molar-refractivity contribution in [3.63, 3.8) is 0 Å². The first kappa shape index (κ1) is 11.4. The van der Waals surface area contributed by atoms with Crippen molar-refractivity contribution in [2.24, 2.45) is 0 Å². The molecule has 16 heavy (non-hydrogen) atoms. The fraction of sp³-hybridized carbons (Fsp3) is 0.273. The first-order valence-corrected chi connectivity index (χ1v) is 6.97. The second-order valence-electron chi connectivity index (χ2n) is 3.29. The van der Waals surface area contributed by atoms with Gasteiger partial charge < -0.3 is 5.32 Å². The number of nitrogens with zero attached hydrogens (tertiary/aromatic N) is 2. The summed E-state index contributed by atoms with van der Waals surface area (Å²) in [4.78, 5) is 9.76. The zero-order valence-corrected chi connectivity index (χ0v) is 10.9. The molecule has 0 spiro atoms. The molecule has 0 bridgehead atoms. The maximum Gasteiger partial charge on any atom is 0.0958 e. The van der Waals surface area contributed by atoms with E-state index in [2.05, 4.69) is 15.3 Å².